The Balaban J connectivity index is 1.59. The smallest absolute Gasteiger partial charge is 0.253 e. The number of nitrogens with one attached hydrogen (secondary N) is 1. The van der Waals surface area contributed by atoms with E-state index in [9.17, 15) is 9.59 Å². The molecular formula is C24H26Cl3N3O3. The number of hydrogen-bond donors (Lipinski definition) is 1. The number of benzene rings is 2. The average Bonchev–Trinajstić information content (AvgIpc) is 2.85. The van der Waals surface area contributed by atoms with Gasteiger partial charge < -0.3 is 19.9 Å². The van der Waals surface area contributed by atoms with Crippen LogP contribution in [0.15, 0.2) is 42.5 Å². The van der Waals surface area contributed by atoms with Crippen LogP contribution >= 0.6 is 34.8 Å². The number of morpholine rings is 1. The van der Waals surface area contributed by atoms with Crippen LogP contribution in [0, 0.1) is 0 Å². The molecule has 0 bridgehead atoms. The molecule has 0 aromatic heterocycles. The third kappa shape index (κ3) is 5.47. The Morgan fingerprint density at radius 2 is 1.85 bits per heavy atom. The van der Waals surface area contributed by atoms with Crippen LogP contribution in [0.25, 0.3) is 0 Å². The third-order valence-corrected chi connectivity index (χ3v) is 7.38. The van der Waals surface area contributed by atoms with Crippen LogP contribution in [0.4, 0.5) is 0 Å². The molecule has 2 aromatic rings. The molecule has 2 aliphatic rings. The van der Waals surface area contributed by atoms with Gasteiger partial charge in [-0.1, -0.05) is 40.9 Å². The topological polar surface area (TPSA) is 61.9 Å². The molecule has 2 aromatic carbocycles. The summed E-state index contributed by atoms with van der Waals surface area (Å²) in [5.74, 6) is -0.197. The summed E-state index contributed by atoms with van der Waals surface area (Å²) in [5.41, 5.74) is 1.51. The summed E-state index contributed by atoms with van der Waals surface area (Å²) in [6.07, 6.45) is 0.639. The van der Waals surface area contributed by atoms with E-state index in [0.717, 1.165) is 5.56 Å². The normalized spacial score (nSPS) is 23.3. The monoisotopic (exact) mass is 509 g/mol. The molecule has 6 nitrogen and oxygen atoms in total. The lowest BCUT2D eigenvalue weighted by Crippen LogP contribution is -2.57. The second-order valence-corrected chi connectivity index (χ2v) is 9.68. The predicted molar refractivity (Wildman–Crippen MR) is 130 cm³/mol. The van der Waals surface area contributed by atoms with E-state index in [4.69, 9.17) is 39.5 Å². The van der Waals surface area contributed by atoms with Crippen LogP contribution < -0.4 is 5.32 Å². The van der Waals surface area contributed by atoms with Gasteiger partial charge in [-0.25, -0.2) is 0 Å². The maximum atomic E-state index is 13.2. The number of nitrogens with zero attached hydrogens (tertiary/aromatic N) is 2. The number of hydrogen-bond acceptors (Lipinski definition) is 4. The highest BCUT2D eigenvalue weighted by Gasteiger charge is 2.38. The van der Waals surface area contributed by atoms with Crippen LogP contribution in [0.5, 0.6) is 0 Å². The second kappa shape index (κ2) is 10.6. The molecule has 2 aliphatic heterocycles. The standard InChI is InChI=1S/C24H26Cl3N3O3/c1-29(23(31)15-2-5-17(25)6-3-15)22-8-10-30(24(32)21-14-33-11-9-28-21)13-18(22)16-4-7-19(26)20(27)12-16/h2-7,12,18,21-22,28H,8-11,13-14H2,1H3/t18-,21?,22+/m0/s1. The summed E-state index contributed by atoms with van der Waals surface area (Å²) in [7, 11) is 1.81. The quantitative estimate of drug-likeness (QED) is 0.673. The third-order valence-electron chi connectivity index (χ3n) is 6.39. The maximum absolute atomic E-state index is 13.2. The second-order valence-electron chi connectivity index (χ2n) is 8.42. The number of piperidine rings is 1. The van der Waals surface area contributed by atoms with E-state index in [1.54, 1.807) is 42.3 Å². The Morgan fingerprint density at radius 3 is 2.52 bits per heavy atom. The van der Waals surface area contributed by atoms with Crippen molar-refractivity contribution in [3.05, 3.63) is 68.7 Å². The van der Waals surface area contributed by atoms with Crippen LogP contribution in [0.1, 0.15) is 28.3 Å². The number of likely N-dealkylation sites (tertiary alicyclic amines) is 1. The van der Waals surface area contributed by atoms with Gasteiger partial charge in [-0.05, 0) is 48.4 Å². The zero-order chi connectivity index (χ0) is 23.5. The minimum Gasteiger partial charge on any atom is -0.378 e. The molecule has 9 heteroatoms. The predicted octanol–water partition coefficient (Wildman–Crippen LogP) is 4.09. The van der Waals surface area contributed by atoms with Gasteiger partial charge in [0.25, 0.3) is 5.91 Å². The molecule has 1 unspecified atom stereocenters. The van der Waals surface area contributed by atoms with Crippen molar-refractivity contribution < 1.29 is 14.3 Å². The SMILES string of the molecule is CN(C(=O)c1ccc(Cl)cc1)[C@@H]1CCN(C(=O)C2COCCN2)C[C@H]1c1ccc(Cl)c(Cl)c1. The lowest BCUT2D eigenvalue weighted by molar-refractivity contribution is -0.138. The van der Waals surface area contributed by atoms with Gasteiger partial charge in [-0.15, -0.1) is 0 Å². The Kier molecular flexibility index (Phi) is 7.82. The van der Waals surface area contributed by atoms with E-state index in [1.807, 2.05) is 17.0 Å². The molecule has 2 saturated heterocycles. The van der Waals surface area contributed by atoms with Gasteiger partial charge in [-0.3, -0.25) is 9.59 Å². The number of carbonyl (C=O) groups is 2. The van der Waals surface area contributed by atoms with Crippen molar-refractivity contribution in [3.8, 4) is 0 Å². The highest BCUT2D eigenvalue weighted by atomic mass is 35.5. The zero-order valence-corrected chi connectivity index (χ0v) is 20.5. The highest BCUT2D eigenvalue weighted by Crippen LogP contribution is 2.35. The summed E-state index contributed by atoms with van der Waals surface area (Å²) in [6, 6.07) is 11.9. The Bertz CT molecular complexity index is 1010. The van der Waals surface area contributed by atoms with Gasteiger partial charge in [0.05, 0.1) is 23.3 Å². The first kappa shape index (κ1) is 24.3. The van der Waals surface area contributed by atoms with Gasteiger partial charge >= 0.3 is 0 Å². The Hall–Kier alpha value is -1.83. The lowest BCUT2D eigenvalue weighted by Gasteiger charge is -2.44. The van der Waals surface area contributed by atoms with Gasteiger partial charge in [-0.2, -0.15) is 0 Å². The molecule has 33 heavy (non-hydrogen) atoms. The van der Waals surface area contributed by atoms with Gasteiger partial charge in [0.15, 0.2) is 0 Å². The summed E-state index contributed by atoms with van der Waals surface area (Å²) in [6.45, 7) is 2.65. The van der Waals surface area contributed by atoms with Crippen molar-refractivity contribution in [2.24, 2.45) is 0 Å². The van der Waals surface area contributed by atoms with Gasteiger partial charge in [0, 0.05) is 49.2 Å². The van der Waals surface area contributed by atoms with E-state index in [1.165, 1.54) is 0 Å². The zero-order valence-electron chi connectivity index (χ0n) is 18.3. The summed E-state index contributed by atoms with van der Waals surface area (Å²) < 4.78 is 5.48. The van der Waals surface area contributed by atoms with E-state index in [-0.39, 0.29) is 29.8 Å². The fraction of sp³-hybridized carbons (Fsp3) is 0.417. The van der Waals surface area contributed by atoms with Crippen LogP contribution in [-0.4, -0.2) is 73.6 Å². The molecule has 2 fully saturated rings. The first-order chi connectivity index (χ1) is 15.8. The molecular weight excluding hydrogens is 485 g/mol. The number of ether oxygens (including phenoxy) is 1. The number of halogens is 3. The largest absolute Gasteiger partial charge is 0.378 e. The molecule has 3 atom stereocenters. The van der Waals surface area contributed by atoms with Crippen molar-refractivity contribution in [1.29, 1.82) is 0 Å². The molecule has 176 valence electrons. The van der Waals surface area contributed by atoms with Crippen LogP contribution in [-0.2, 0) is 9.53 Å². The number of rotatable bonds is 4. The molecule has 0 aliphatic carbocycles. The van der Waals surface area contributed by atoms with Crippen molar-refractivity contribution in [2.45, 2.75) is 24.4 Å². The molecule has 1 N–H and O–H groups in total. The van der Waals surface area contributed by atoms with Gasteiger partial charge in [0.1, 0.15) is 6.04 Å². The number of likely N-dealkylation sites (N-methyl/N-ethyl adjacent to an activating group) is 1. The summed E-state index contributed by atoms with van der Waals surface area (Å²) in [5, 5.41) is 4.73. The molecule has 4 rings (SSSR count). The molecule has 0 saturated carbocycles. The summed E-state index contributed by atoms with van der Waals surface area (Å²) >= 11 is 18.5. The van der Waals surface area contributed by atoms with E-state index >= 15 is 0 Å². The lowest BCUT2D eigenvalue weighted by atomic mass is 9.84. The van der Waals surface area contributed by atoms with E-state index < -0.39 is 0 Å². The first-order valence-corrected chi connectivity index (χ1v) is 12.1. The van der Waals surface area contributed by atoms with E-state index in [2.05, 4.69) is 5.32 Å². The van der Waals surface area contributed by atoms with Crippen LogP contribution in [0.2, 0.25) is 15.1 Å². The van der Waals surface area contributed by atoms with Crippen LogP contribution in [0.3, 0.4) is 0 Å². The fourth-order valence-corrected chi connectivity index (χ4v) is 5.00. The Morgan fingerprint density at radius 1 is 1.09 bits per heavy atom. The molecule has 2 heterocycles. The number of amides is 2. The fourth-order valence-electron chi connectivity index (χ4n) is 4.57. The minimum absolute atomic E-state index is 0.0184. The minimum atomic E-state index is -0.349. The first-order valence-electron chi connectivity index (χ1n) is 10.9. The highest BCUT2D eigenvalue weighted by molar-refractivity contribution is 6.42. The van der Waals surface area contributed by atoms with Crippen molar-refractivity contribution in [2.75, 3.05) is 39.9 Å². The van der Waals surface area contributed by atoms with Crippen molar-refractivity contribution in [1.82, 2.24) is 15.1 Å². The molecule has 2 amide bonds. The molecule has 0 radical (unpaired) electrons. The average molecular weight is 511 g/mol. The number of carbonyl (C=O) groups excluding carboxylic acids is 2. The summed E-state index contributed by atoms with van der Waals surface area (Å²) in [4.78, 5) is 30.0. The van der Waals surface area contributed by atoms with E-state index in [0.29, 0.717) is 59.9 Å². The van der Waals surface area contributed by atoms with Crippen molar-refractivity contribution in [3.63, 3.8) is 0 Å². The van der Waals surface area contributed by atoms with Gasteiger partial charge in [0.2, 0.25) is 5.91 Å². The van der Waals surface area contributed by atoms with Crippen molar-refractivity contribution >= 4 is 46.6 Å². The Labute approximate surface area is 208 Å². The maximum Gasteiger partial charge on any atom is 0.253 e. The molecule has 0 spiro atoms.